The summed E-state index contributed by atoms with van der Waals surface area (Å²) in [5.74, 6) is 1.77. The molecule has 1 N–H and O–H groups in total. The molecule has 4 atom stereocenters. The lowest BCUT2D eigenvalue weighted by Crippen LogP contribution is -2.64. The van der Waals surface area contributed by atoms with Crippen LogP contribution in [0.25, 0.3) is 0 Å². The highest BCUT2D eigenvalue weighted by Crippen LogP contribution is 2.31. The predicted molar refractivity (Wildman–Crippen MR) is 83.7 cm³/mol. The van der Waals surface area contributed by atoms with Crippen LogP contribution >= 0.6 is 0 Å². The van der Waals surface area contributed by atoms with Crippen molar-refractivity contribution in [2.45, 2.75) is 71.9 Å². The van der Waals surface area contributed by atoms with Crippen LogP contribution in [-0.4, -0.2) is 35.3 Å². The van der Waals surface area contributed by atoms with Gasteiger partial charge in [0.15, 0.2) is 0 Å². The Morgan fingerprint density at radius 3 is 2.57 bits per heavy atom. The van der Waals surface area contributed by atoms with E-state index in [4.69, 9.17) is 0 Å². The lowest BCUT2D eigenvalue weighted by atomic mass is 9.80. The molecule has 0 spiro atoms. The third-order valence-corrected chi connectivity index (χ3v) is 5.07. The highest BCUT2D eigenvalue weighted by Gasteiger charge is 2.40. The van der Waals surface area contributed by atoms with Gasteiger partial charge in [-0.15, -0.1) is 0 Å². The molecule has 0 aromatic rings. The van der Waals surface area contributed by atoms with Gasteiger partial charge in [0, 0.05) is 6.54 Å². The van der Waals surface area contributed by atoms with Crippen LogP contribution in [0.5, 0.6) is 0 Å². The van der Waals surface area contributed by atoms with Gasteiger partial charge in [-0.2, -0.15) is 0 Å². The molecule has 120 valence electrons. The second-order valence-electron chi connectivity index (χ2n) is 7.38. The fourth-order valence-corrected chi connectivity index (χ4v) is 3.94. The zero-order valence-corrected chi connectivity index (χ0v) is 13.9. The van der Waals surface area contributed by atoms with Crippen molar-refractivity contribution in [3.05, 3.63) is 0 Å². The average molecular weight is 294 g/mol. The van der Waals surface area contributed by atoms with Gasteiger partial charge in [0.1, 0.15) is 12.1 Å². The van der Waals surface area contributed by atoms with Crippen LogP contribution in [0.3, 0.4) is 0 Å². The summed E-state index contributed by atoms with van der Waals surface area (Å²) in [5.41, 5.74) is 0. The maximum Gasteiger partial charge on any atom is 0.245 e. The summed E-state index contributed by atoms with van der Waals surface area (Å²) in [6.07, 6.45) is 6.24. The van der Waals surface area contributed by atoms with Crippen LogP contribution < -0.4 is 5.32 Å². The first-order valence-electron chi connectivity index (χ1n) is 8.51. The third kappa shape index (κ3) is 3.78. The summed E-state index contributed by atoms with van der Waals surface area (Å²) in [6, 6.07) is -0.674. The molecular weight excluding hydrogens is 264 g/mol. The molecule has 4 heteroatoms. The molecule has 0 aromatic heterocycles. The summed E-state index contributed by atoms with van der Waals surface area (Å²) >= 11 is 0. The Morgan fingerprint density at radius 2 is 1.95 bits per heavy atom. The monoisotopic (exact) mass is 294 g/mol. The number of nitrogens with one attached hydrogen (secondary N) is 1. The highest BCUT2D eigenvalue weighted by molar-refractivity contribution is 5.96. The maximum absolute atomic E-state index is 12.4. The molecule has 21 heavy (non-hydrogen) atoms. The summed E-state index contributed by atoms with van der Waals surface area (Å²) in [4.78, 5) is 26.5. The van der Waals surface area contributed by atoms with E-state index in [9.17, 15) is 9.59 Å². The normalized spacial score (nSPS) is 34.2. The number of hydrogen-bond donors (Lipinski definition) is 1. The van der Waals surface area contributed by atoms with Crippen molar-refractivity contribution in [3.8, 4) is 0 Å². The van der Waals surface area contributed by atoms with Gasteiger partial charge in [-0.25, -0.2) is 0 Å². The topological polar surface area (TPSA) is 49.4 Å². The van der Waals surface area contributed by atoms with Crippen LogP contribution in [0.15, 0.2) is 0 Å². The van der Waals surface area contributed by atoms with Crippen LogP contribution in [-0.2, 0) is 9.59 Å². The molecule has 1 saturated heterocycles. The Labute approximate surface area is 128 Å². The first kappa shape index (κ1) is 16.3. The van der Waals surface area contributed by atoms with Crippen LogP contribution in [0.2, 0.25) is 0 Å². The number of carbonyl (C=O) groups excluding carboxylic acids is 2. The predicted octanol–water partition coefficient (Wildman–Crippen LogP) is 2.57. The second-order valence-corrected chi connectivity index (χ2v) is 7.38. The minimum absolute atomic E-state index is 0.00844. The van der Waals surface area contributed by atoms with Gasteiger partial charge >= 0.3 is 0 Å². The molecule has 0 bridgehead atoms. The molecule has 0 radical (unpaired) electrons. The van der Waals surface area contributed by atoms with E-state index in [0.717, 1.165) is 24.8 Å². The summed E-state index contributed by atoms with van der Waals surface area (Å²) in [6.45, 7) is 8.88. The Hall–Kier alpha value is -1.06. The van der Waals surface area contributed by atoms with Crippen LogP contribution in [0.1, 0.15) is 59.8 Å². The van der Waals surface area contributed by atoms with Gasteiger partial charge in [0.2, 0.25) is 11.8 Å². The molecule has 2 fully saturated rings. The zero-order chi connectivity index (χ0) is 15.6. The molecule has 4 unspecified atom stereocenters. The van der Waals surface area contributed by atoms with E-state index in [0.29, 0.717) is 0 Å². The summed E-state index contributed by atoms with van der Waals surface area (Å²) in [5, 5.41) is 2.81. The molecule has 2 rings (SSSR count). The molecule has 2 amide bonds. The van der Waals surface area contributed by atoms with Crippen molar-refractivity contribution in [2.24, 2.45) is 17.8 Å². The Balaban J connectivity index is 1.99. The van der Waals surface area contributed by atoms with Gasteiger partial charge in [-0.05, 0) is 37.5 Å². The van der Waals surface area contributed by atoms with Crippen molar-refractivity contribution in [1.82, 2.24) is 10.2 Å². The first-order valence-corrected chi connectivity index (χ1v) is 8.51. The van der Waals surface area contributed by atoms with E-state index in [1.807, 2.05) is 18.7 Å². The molecule has 0 aromatic carbocycles. The summed E-state index contributed by atoms with van der Waals surface area (Å²) in [7, 11) is 0. The number of rotatable bonds is 4. The van der Waals surface area contributed by atoms with E-state index in [1.54, 1.807) is 6.92 Å². The van der Waals surface area contributed by atoms with Gasteiger partial charge in [-0.3, -0.25) is 9.59 Å². The summed E-state index contributed by atoms with van der Waals surface area (Å²) < 4.78 is 0. The van der Waals surface area contributed by atoms with Gasteiger partial charge in [-0.1, -0.05) is 40.0 Å². The van der Waals surface area contributed by atoms with E-state index >= 15 is 0 Å². The SMILES string of the molecule is CC1CCCC(CCN2C(=O)C(C)NC(=O)C2C(C)C)C1. The van der Waals surface area contributed by atoms with Crippen molar-refractivity contribution in [2.75, 3.05) is 6.54 Å². The average Bonchev–Trinajstić information content (AvgIpc) is 2.40. The molecule has 2 aliphatic rings. The molecule has 1 heterocycles. The Kier molecular flexibility index (Phi) is 5.28. The zero-order valence-electron chi connectivity index (χ0n) is 13.9. The molecular formula is C17H30N2O2. The Morgan fingerprint density at radius 1 is 1.24 bits per heavy atom. The molecule has 1 aliphatic carbocycles. The third-order valence-electron chi connectivity index (χ3n) is 5.07. The molecule has 4 nitrogen and oxygen atoms in total. The molecule has 1 aliphatic heterocycles. The quantitative estimate of drug-likeness (QED) is 0.866. The number of hydrogen-bond acceptors (Lipinski definition) is 2. The minimum atomic E-state index is -0.377. The smallest absolute Gasteiger partial charge is 0.245 e. The number of nitrogens with zero attached hydrogens (tertiary/aromatic N) is 1. The minimum Gasteiger partial charge on any atom is -0.343 e. The van der Waals surface area contributed by atoms with E-state index in [2.05, 4.69) is 12.2 Å². The van der Waals surface area contributed by atoms with Crippen molar-refractivity contribution < 1.29 is 9.59 Å². The second kappa shape index (κ2) is 6.80. The fourth-order valence-electron chi connectivity index (χ4n) is 3.94. The lowest BCUT2D eigenvalue weighted by Gasteiger charge is -2.41. The van der Waals surface area contributed by atoms with E-state index < -0.39 is 0 Å². The van der Waals surface area contributed by atoms with Crippen LogP contribution in [0, 0.1) is 17.8 Å². The Bertz CT molecular complexity index is 394. The maximum atomic E-state index is 12.4. The lowest BCUT2D eigenvalue weighted by molar-refractivity contribution is -0.150. The fraction of sp³-hybridized carbons (Fsp3) is 0.882. The van der Waals surface area contributed by atoms with Gasteiger partial charge < -0.3 is 10.2 Å². The molecule has 1 saturated carbocycles. The van der Waals surface area contributed by atoms with Gasteiger partial charge in [0.05, 0.1) is 0 Å². The first-order chi connectivity index (χ1) is 9.90. The number of amides is 2. The van der Waals surface area contributed by atoms with Gasteiger partial charge in [0.25, 0.3) is 0 Å². The van der Waals surface area contributed by atoms with Crippen molar-refractivity contribution >= 4 is 11.8 Å². The van der Waals surface area contributed by atoms with Crippen molar-refractivity contribution in [1.29, 1.82) is 0 Å². The number of carbonyl (C=O) groups is 2. The van der Waals surface area contributed by atoms with Crippen LogP contribution in [0.4, 0.5) is 0 Å². The largest absolute Gasteiger partial charge is 0.343 e. The van der Waals surface area contributed by atoms with E-state index in [1.165, 1.54) is 25.7 Å². The highest BCUT2D eigenvalue weighted by atomic mass is 16.2. The standard InChI is InChI=1S/C17H30N2O2/c1-11(2)15-16(20)18-13(4)17(21)19(15)9-8-14-7-5-6-12(3)10-14/h11-15H,5-10H2,1-4H3,(H,18,20). The van der Waals surface area contributed by atoms with Crippen molar-refractivity contribution in [3.63, 3.8) is 0 Å². The number of piperazine rings is 1. The van der Waals surface area contributed by atoms with E-state index in [-0.39, 0.29) is 29.8 Å².